The van der Waals surface area contributed by atoms with Crippen molar-refractivity contribution in [2.45, 2.75) is 0 Å². The molecule has 0 saturated heterocycles. The van der Waals surface area contributed by atoms with Gasteiger partial charge in [0.05, 0.1) is 10.2 Å². The Morgan fingerprint density at radius 3 is 2.56 bits per heavy atom. The van der Waals surface area contributed by atoms with E-state index in [0.29, 0.717) is 5.56 Å². The number of halogens is 1. The maximum absolute atomic E-state index is 13.4. The van der Waals surface area contributed by atoms with Crippen LogP contribution in [-0.2, 0) is 0 Å². The van der Waals surface area contributed by atoms with Crippen molar-refractivity contribution in [3.63, 3.8) is 0 Å². The van der Waals surface area contributed by atoms with Crippen LogP contribution in [0.5, 0.6) is 0 Å². The molecule has 18 heavy (non-hydrogen) atoms. The van der Waals surface area contributed by atoms with Gasteiger partial charge in [-0.3, -0.25) is 0 Å². The molecule has 0 aliphatic heterocycles. The van der Waals surface area contributed by atoms with Crippen LogP contribution in [0.1, 0.15) is 10.6 Å². The third-order valence-corrected chi connectivity index (χ3v) is 3.62. The average Bonchev–Trinajstić information content (AvgIpc) is 2.80. The molecule has 0 atom stereocenters. The number of benzene rings is 2. The van der Waals surface area contributed by atoms with Gasteiger partial charge in [-0.1, -0.05) is 30.3 Å². The lowest BCUT2D eigenvalue weighted by atomic mass is 10.2. The average molecular weight is 255 g/mol. The Kier molecular flexibility index (Phi) is 2.90. The van der Waals surface area contributed by atoms with Crippen LogP contribution in [0.15, 0.2) is 48.5 Å². The number of para-hydroxylation sites is 1. The molecular weight excluding hydrogens is 245 g/mol. The molecule has 0 aliphatic rings. The van der Waals surface area contributed by atoms with Gasteiger partial charge in [0, 0.05) is 5.56 Å². The molecule has 3 heteroatoms. The van der Waals surface area contributed by atoms with Crippen molar-refractivity contribution in [1.82, 2.24) is 4.98 Å². The van der Waals surface area contributed by atoms with Gasteiger partial charge in [-0.05, 0) is 30.4 Å². The first kappa shape index (κ1) is 11.1. The fourth-order valence-corrected chi connectivity index (χ4v) is 2.60. The predicted octanol–water partition coefficient (Wildman–Crippen LogP) is 4.61. The number of hydrogen-bond donors (Lipinski definition) is 0. The summed E-state index contributed by atoms with van der Waals surface area (Å²) in [5.41, 5.74) is 1.56. The second kappa shape index (κ2) is 4.70. The molecule has 0 saturated carbocycles. The highest BCUT2D eigenvalue weighted by atomic mass is 32.1. The van der Waals surface area contributed by atoms with E-state index in [1.165, 1.54) is 6.07 Å². The van der Waals surface area contributed by atoms with Gasteiger partial charge >= 0.3 is 0 Å². The molecule has 2 aromatic carbocycles. The summed E-state index contributed by atoms with van der Waals surface area (Å²) in [5, 5.41) is 0.888. The van der Waals surface area contributed by atoms with Crippen molar-refractivity contribution < 1.29 is 4.39 Å². The van der Waals surface area contributed by atoms with E-state index >= 15 is 0 Å². The third-order valence-electron chi connectivity index (χ3n) is 2.62. The van der Waals surface area contributed by atoms with Gasteiger partial charge in [0.1, 0.15) is 10.8 Å². The first-order chi connectivity index (χ1) is 8.83. The van der Waals surface area contributed by atoms with Gasteiger partial charge < -0.3 is 0 Å². The quantitative estimate of drug-likeness (QED) is 0.652. The van der Waals surface area contributed by atoms with E-state index in [0.717, 1.165) is 15.2 Å². The van der Waals surface area contributed by atoms with E-state index in [4.69, 9.17) is 0 Å². The molecule has 88 valence electrons. The molecule has 0 N–H and O–H groups in total. The Balaban J connectivity index is 1.95. The second-order valence-electron chi connectivity index (χ2n) is 3.87. The van der Waals surface area contributed by atoms with Crippen molar-refractivity contribution in [1.29, 1.82) is 0 Å². The zero-order chi connectivity index (χ0) is 12.4. The molecule has 0 fully saturated rings. The fraction of sp³-hybridized carbons (Fsp3) is 0. The van der Waals surface area contributed by atoms with E-state index < -0.39 is 0 Å². The summed E-state index contributed by atoms with van der Waals surface area (Å²) in [6.45, 7) is 0. The first-order valence-electron chi connectivity index (χ1n) is 5.61. The molecule has 1 aromatic heterocycles. The van der Waals surface area contributed by atoms with Crippen molar-refractivity contribution in [3.05, 3.63) is 64.9 Å². The molecule has 0 bridgehead atoms. The minimum absolute atomic E-state index is 0.213. The highest BCUT2D eigenvalue weighted by molar-refractivity contribution is 7.19. The molecule has 0 unspecified atom stereocenters. The van der Waals surface area contributed by atoms with Gasteiger partial charge in [0.25, 0.3) is 0 Å². The Hall–Kier alpha value is -2.00. The zero-order valence-corrected chi connectivity index (χ0v) is 10.3. The minimum atomic E-state index is -0.213. The van der Waals surface area contributed by atoms with Gasteiger partial charge in [-0.2, -0.15) is 0 Å². The Labute approximate surface area is 108 Å². The van der Waals surface area contributed by atoms with Crippen molar-refractivity contribution in [2.24, 2.45) is 0 Å². The van der Waals surface area contributed by atoms with E-state index in [1.54, 1.807) is 29.5 Å². The van der Waals surface area contributed by atoms with Crippen LogP contribution >= 0.6 is 11.3 Å². The predicted molar refractivity (Wildman–Crippen MR) is 74.9 cm³/mol. The Bertz CT molecular complexity index is 682. The topological polar surface area (TPSA) is 12.9 Å². The number of nitrogens with zero attached hydrogens (tertiary/aromatic N) is 1. The van der Waals surface area contributed by atoms with Crippen molar-refractivity contribution >= 4 is 33.7 Å². The number of aromatic nitrogens is 1. The van der Waals surface area contributed by atoms with Crippen LogP contribution in [0.25, 0.3) is 22.4 Å². The summed E-state index contributed by atoms with van der Waals surface area (Å²) in [4.78, 5) is 4.47. The number of fused-ring (bicyclic) bond motifs is 1. The standard InChI is InChI=1S/C15H10FNS/c16-12-6-2-1-5-11(12)9-10-15-17-13-7-3-4-8-14(13)18-15/h1-10H/b10-9+. The molecule has 0 amide bonds. The summed E-state index contributed by atoms with van der Waals surface area (Å²) in [7, 11) is 0. The first-order valence-corrected chi connectivity index (χ1v) is 6.43. The highest BCUT2D eigenvalue weighted by Gasteiger charge is 2.00. The lowest BCUT2D eigenvalue weighted by Crippen LogP contribution is -1.78. The third kappa shape index (κ3) is 2.17. The highest BCUT2D eigenvalue weighted by Crippen LogP contribution is 2.23. The van der Waals surface area contributed by atoms with E-state index in [-0.39, 0.29) is 5.82 Å². The Morgan fingerprint density at radius 2 is 1.72 bits per heavy atom. The summed E-state index contributed by atoms with van der Waals surface area (Å²) >= 11 is 1.60. The molecule has 0 radical (unpaired) electrons. The van der Waals surface area contributed by atoms with Gasteiger partial charge in [0.2, 0.25) is 0 Å². The van der Waals surface area contributed by atoms with Crippen LogP contribution in [0, 0.1) is 5.82 Å². The molecule has 0 aliphatic carbocycles. The van der Waals surface area contributed by atoms with Crippen molar-refractivity contribution in [3.8, 4) is 0 Å². The zero-order valence-electron chi connectivity index (χ0n) is 9.51. The molecule has 3 rings (SSSR count). The van der Waals surface area contributed by atoms with Crippen LogP contribution in [0.2, 0.25) is 0 Å². The number of rotatable bonds is 2. The Morgan fingerprint density at radius 1 is 0.944 bits per heavy atom. The minimum Gasteiger partial charge on any atom is -0.237 e. The summed E-state index contributed by atoms with van der Waals surface area (Å²) in [5.74, 6) is -0.213. The molecule has 1 nitrogen and oxygen atoms in total. The monoisotopic (exact) mass is 255 g/mol. The fourth-order valence-electron chi connectivity index (χ4n) is 1.73. The van der Waals surface area contributed by atoms with Crippen LogP contribution < -0.4 is 0 Å². The molecule has 0 spiro atoms. The molecular formula is C15H10FNS. The van der Waals surface area contributed by atoms with E-state index in [9.17, 15) is 4.39 Å². The van der Waals surface area contributed by atoms with Gasteiger partial charge in [0.15, 0.2) is 0 Å². The van der Waals surface area contributed by atoms with Crippen LogP contribution in [0.3, 0.4) is 0 Å². The normalized spacial score (nSPS) is 11.4. The summed E-state index contributed by atoms with van der Waals surface area (Å²) < 4.78 is 14.6. The summed E-state index contributed by atoms with van der Waals surface area (Å²) in [6.07, 6.45) is 3.61. The van der Waals surface area contributed by atoms with Crippen LogP contribution in [-0.4, -0.2) is 4.98 Å². The lowest BCUT2D eigenvalue weighted by molar-refractivity contribution is 0.625. The summed E-state index contributed by atoms with van der Waals surface area (Å²) in [6, 6.07) is 14.7. The lowest BCUT2D eigenvalue weighted by Gasteiger charge is -1.93. The maximum Gasteiger partial charge on any atom is 0.130 e. The van der Waals surface area contributed by atoms with Gasteiger partial charge in [-0.25, -0.2) is 9.37 Å². The molecule has 3 aromatic rings. The number of thiazole rings is 1. The largest absolute Gasteiger partial charge is 0.237 e. The van der Waals surface area contributed by atoms with Crippen molar-refractivity contribution in [2.75, 3.05) is 0 Å². The van der Waals surface area contributed by atoms with Crippen LogP contribution in [0.4, 0.5) is 4.39 Å². The maximum atomic E-state index is 13.4. The van der Waals surface area contributed by atoms with Gasteiger partial charge in [-0.15, -0.1) is 11.3 Å². The van der Waals surface area contributed by atoms with E-state index in [2.05, 4.69) is 4.98 Å². The SMILES string of the molecule is Fc1ccccc1/C=C/c1nc2ccccc2s1. The number of hydrogen-bond acceptors (Lipinski definition) is 2. The van der Waals surface area contributed by atoms with E-state index in [1.807, 2.05) is 36.4 Å². The second-order valence-corrected chi connectivity index (χ2v) is 4.94. The smallest absolute Gasteiger partial charge is 0.130 e. The molecule has 1 heterocycles.